The molecule has 6 heteroatoms. The summed E-state index contributed by atoms with van der Waals surface area (Å²) in [6.45, 7) is 1.97. The smallest absolute Gasteiger partial charge is 0.200 e. The standard InChI is InChI=1S/C23H27N3O3/c1-25-13-11-23(12-14-25)26-20(18-5-4-6-21(28-3)22(18)29-23)15-19(24-26)16-7-9-17(27-2)10-8-16/h4-10,20H,11-15H2,1-3H3. The summed E-state index contributed by atoms with van der Waals surface area (Å²) in [7, 11) is 5.56. The Morgan fingerprint density at radius 1 is 1.03 bits per heavy atom. The van der Waals surface area contributed by atoms with E-state index in [4.69, 9.17) is 19.3 Å². The van der Waals surface area contributed by atoms with E-state index < -0.39 is 5.72 Å². The normalized spacial score (nSPS) is 22.5. The first-order chi connectivity index (χ1) is 14.1. The van der Waals surface area contributed by atoms with Gasteiger partial charge in [0.1, 0.15) is 5.75 Å². The first kappa shape index (κ1) is 18.3. The molecule has 0 N–H and O–H groups in total. The van der Waals surface area contributed by atoms with Gasteiger partial charge in [-0.05, 0) is 42.9 Å². The van der Waals surface area contributed by atoms with Gasteiger partial charge in [0.15, 0.2) is 11.5 Å². The van der Waals surface area contributed by atoms with Crippen molar-refractivity contribution in [3.05, 3.63) is 53.6 Å². The van der Waals surface area contributed by atoms with Gasteiger partial charge < -0.3 is 19.1 Å². The van der Waals surface area contributed by atoms with Gasteiger partial charge in [-0.25, -0.2) is 5.01 Å². The molecule has 0 aromatic heterocycles. The van der Waals surface area contributed by atoms with Crippen LogP contribution in [0.3, 0.4) is 0 Å². The highest BCUT2D eigenvalue weighted by atomic mass is 16.5. The third-order valence-electron chi connectivity index (χ3n) is 6.40. The fourth-order valence-corrected chi connectivity index (χ4v) is 4.69. The van der Waals surface area contributed by atoms with Crippen LogP contribution in [-0.4, -0.2) is 55.7 Å². The molecule has 1 spiro atoms. The number of nitrogens with zero attached hydrogens (tertiary/aromatic N) is 3. The van der Waals surface area contributed by atoms with Crippen LogP contribution in [0.1, 0.15) is 36.4 Å². The molecule has 1 fully saturated rings. The summed E-state index contributed by atoms with van der Waals surface area (Å²) in [6.07, 6.45) is 2.68. The average Bonchev–Trinajstić information content (AvgIpc) is 3.22. The number of hydrazone groups is 1. The zero-order valence-electron chi connectivity index (χ0n) is 17.2. The molecule has 0 aliphatic carbocycles. The van der Waals surface area contributed by atoms with Gasteiger partial charge in [0.25, 0.3) is 0 Å². The summed E-state index contributed by atoms with van der Waals surface area (Å²) >= 11 is 0. The lowest BCUT2D eigenvalue weighted by atomic mass is 9.90. The molecule has 2 aromatic carbocycles. The van der Waals surface area contributed by atoms with Gasteiger partial charge in [-0.2, -0.15) is 5.10 Å². The number of fused-ring (bicyclic) bond motifs is 4. The predicted octanol–water partition coefficient (Wildman–Crippen LogP) is 3.67. The maximum Gasteiger partial charge on any atom is 0.200 e. The molecular formula is C23H27N3O3. The molecule has 3 heterocycles. The highest BCUT2D eigenvalue weighted by molar-refractivity contribution is 6.02. The fraction of sp³-hybridized carbons (Fsp3) is 0.435. The van der Waals surface area contributed by atoms with E-state index >= 15 is 0 Å². The Morgan fingerprint density at radius 3 is 2.48 bits per heavy atom. The summed E-state index contributed by atoms with van der Waals surface area (Å²) < 4.78 is 17.7. The molecular weight excluding hydrogens is 366 g/mol. The highest BCUT2D eigenvalue weighted by Gasteiger charge is 2.52. The van der Waals surface area contributed by atoms with E-state index in [1.54, 1.807) is 14.2 Å². The van der Waals surface area contributed by atoms with Crippen LogP contribution in [-0.2, 0) is 0 Å². The van der Waals surface area contributed by atoms with Gasteiger partial charge in [-0.15, -0.1) is 0 Å². The summed E-state index contributed by atoms with van der Waals surface area (Å²) in [4.78, 5) is 2.35. The van der Waals surface area contributed by atoms with Crippen LogP contribution in [0.25, 0.3) is 0 Å². The fourth-order valence-electron chi connectivity index (χ4n) is 4.69. The molecule has 3 aliphatic heterocycles. The van der Waals surface area contributed by atoms with E-state index in [0.717, 1.165) is 66.4 Å². The van der Waals surface area contributed by atoms with Gasteiger partial charge in [0.2, 0.25) is 5.72 Å². The molecule has 152 valence electrons. The molecule has 2 aromatic rings. The van der Waals surface area contributed by atoms with Crippen molar-refractivity contribution in [1.29, 1.82) is 0 Å². The third kappa shape index (κ3) is 2.94. The first-order valence-electron chi connectivity index (χ1n) is 10.2. The zero-order valence-corrected chi connectivity index (χ0v) is 17.2. The Kier molecular flexibility index (Phi) is 4.39. The number of hydrogen-bond donors (Lipinski definition) is 0. The molecule has 1 unspecified atom stereocenters. The van der Waals surface area contributed by atoms with Crippen molar-refractivity contribution >= 4 is 5.71 Å². The lowest BCUT2D eigenvalue weighted by molar-refractivity contribution is -0.148. The Balaban J connectivity index is 1.57. The van der Waals surface area contributed by atoms with Crippen molar-refractivity contribution in [2.24, 2.45) is 5.10 Å². The second kappa shape index (κ2) is 6.95. The van der Waals surface area contributed by atoms with Gasteiger partial charge >= 0.3 is 0 Å². The molecule has 3 aliphatic rings. The van der Waals surface area contributed by atoms with Gasteiger partial charge in [-0.1, -0.05) is 12.1 Å². The SMILES string of the molecule is COc1ccc(C2=NN3C(C2)c2cccc(OC)c2OC32CCN(C)CC2)cc1. The van der Waals surface area contributed by atoms with Gasteiger partial charge in [0, 0.05) is 37.9 Å². The van der Waals surface area contributed by atoms with Crippen molar-refractivity contribution < 1.29 is 14.2 Å². The van der Waals surface area contributed by atoms with Crippen LogP contribution in [0.5, 0.6) is 17.2 Å². The van der Waals surface area contributed by atoms with Crippen molar-refractivity contribution in [1.82, 2.24) is 9.91 Å². The molecule has 6 nitrogen and oxygen atoms in total. The third-order valence-corrected chi connectivity index (χ3v) is 6.40. The number of likely N-dealkylation sites (tertiary alicyclic amines) is 1. The van der Waals surface area contributed by atoms with Crippen LogP contribution in [0.2, 0.25) is 0 Å². The largest absolute Gasteiger partial charge is 0.497 e. The van der Waals surface area contributed by atoms with E-state index in [-0.39, 0.29) is 6.04 Å². The monoisotopic (exact) mass is 393 g/mol. The van der Waals surface area contributed by atoms with E-state index in [1.165, 1.54) is 0 Å². The highest BCUT2D eigenvalue weighted by Crippen LogP contribution is 2.52. The van der Waals surface area contributed by atoms with E-state index in [0.29, 0.717) is 0 Å². The second-order valence-corrected chi connectivity index (χ2v) is 8.07. The average molecular weight is 393 g/mol. The van der Waals surface area contributed by atoms with Gasteiger partial charge in [-0.3, -0.25) is 0 Å². The van der Waals surface area contributed by atoms with E-state index in [9.17, 15) is 0 Å². The zero-order chi connectivity index (χ0) is 20.0. The molecule has 0 amide bonds. The Labute approximate surface area is 171 Å². The predicted molar refractivity (Wildman–Crippen MR) is 112 cm³/mol. The van der Waals surface area contributed by atoms with Crippen molar-refractivity contribution in [2.75, 3.05) is 34.4 Å². The minimum absolute atomic E-state index is 0.161. The molecule has 0 bridgehead atoms. The maximum atomic E-state index is 6.71. The van der Waals surface area contributed by atoms with Crippen molar-refractivity contribution in [3.63, 3.8) is 0 Å². The number of rotatable bonds is 3. The molecule has 5 rings (SSSR count). The number of methoxy groups -OCH3 is 2. The quantitative estimate of drug-likeness (QED) is 0.796. The van der Waals surface area contributed by atoms with Crippen LogP contribution in [0.4, 0.5) is 0 Å². The number of hydrogen-bond acceptors (Lipinski definition) is 6. The molecule has 1 saturated heterocycles. The summed E-state index contributed by atoms with van der Waals surface area (Å²) in [6, 6.07) is 14.5. The summed E-state index contributed by atoms with van der Waals surface area (Å²) in [5.74, 6) is 2.54. The molecule has 29 heavy (non-hydrogen) atoms. The van der Waals surface area contributed by atoms with Crippen LogP contribution in [0.15, 0.2) is 47.6 Å². The molecule has 0 saturated carbocycles. The minimum Gasteiger partial charge on any atom is -0.497 e. The first-order valence-corrected chi connectivity index (χ1v) is 10.2. The number of piperidine rings is 1. The minimum atomic E-state index is -0.424. The lowest BCUT2D eigenvalue weighted by Gasteiger charge is -2.50. The van der Waals surface area contributed by atoms with E-state index in [1.807, 2.05) is 24.3 Å². The number of para-hydroxylation sites is 1. The van der Waals surface area contributed by atoms with Crippen LogP contribution >= 0.6 is 0 Å². The van der Waals surface area contributed by atoms with Crippen LogP contribution < -0.4 is 14.2 Å². The topological polar surface area (TPSA) is 46.5 Å². The maximum absolute atomic E-state index is 6.71. The summed E-state index contributed by atoms with van der Waals surface area (Å²) in [5.41, 5.74) is 2.96. The Hall–Kier alpha value is -2.73. The van der Waals surface area contributed by atoms with Crippen molar-refractivity contribution in [2.45, 2.75) is 31.0 Å². The van der Waals surface area contributed by atoms with Gasteiger partial charge in [0.05, 0.1) is 26.0 Å². The number of benzene rings is 2. The Bertz CT molecular complexity index is 933. The van der Waals surface area contributed by atoms with Crippen LogP contribution in [0, 0.1) is 0 Å². The van der Waals surface area contributed by atoms with Crippen molar-refractivity contribution in [3.8, 4) is 17.2 Å². The lowest BCUT2D eigenvalue weighted by Crippen LogP contribution is -2.58. The van der Waals surface area contributed by atoms with E-state index in [2.05, 4.69) is 35.2 Å². The summed E-state index contributed by atoms with van der Waals surface area (Å²) in [5, 5.41) is 7.35. The molecule has 0 radical (unpaired) electrons. The Morgan fingerprint density at radius 2 is 1.79 bits per heavy atom. The molecule has 1 atom stereocenters. The number of ether oxygens (including phenoxy) is 3. The second-order valence-electron chi connectivity index (χ2n) is 8.07.